The lowest BCUT2D eigenvalue weighted by Gasteiger charge is -2.20. The van der Waals surface area contributed by atoms with Crippen molar-refractivity contribution in [3.63, 3.8) is 0 Å². The number of esters is 1. The van der Waals surface area contributed by atoms with Crippen molar-refractivity contribution in [1.29, 1.82) is 0 Å². The highest BCUT2D eigenvalue weighted by atomic mass is 19.4. The second-order valence-corrected chi connectivity index (χ2v) is 8.16. The van der Waals surface area contributed by atoms with Crippen LogP contribution in [-0.2, 0) is 35.1 Å². The Balaban J connectivity index is 1.55. The molecule has 0 spiro atoms. The van der Waals surface area contributed by atoms with Gasteiger partial charge in [-0.05, 0) is 53.4 Å². The Kier molecular flexibility index (Phi) is 6.90. The molecule has 0 bridgehead atoms. The zero-order valence-corrected chi connectivity index (χ0v) is 18.4. The molecule has 0 saturated carbocycles. The highest BCUT2D eigenvalue weighted by molar-refractivity contribution is 5.72. The van der Waals surface area contributed by atoms with Gasteiger partial charge in [0.25, 0.3) is 0 Å². The van der Waals surface area contributed by atoms with E-state index in [-0.39, 0.29) is 24.8 Å². The number of fused-ring (bicyclic) bond motifs is 1. The van der Waals surface area contributed by atoms with Gasteiger partial charge < -0.3 is 19.9 Å². The number of benzene rings is 3. The number of halogens is 3. The summed E-state index contributed by atoms with van der Waals surface area (Å²) in [5, 5.41) is 13.8. The number of aliphatic hydroxyl groups is 1. The average Bonchev–Trinajstić information content (AvgIpc) is 3.13. The molecule has 2 atom stereocenters. The predicted octanol–water partition coefficient (Wildman–Crippen LogP) is 4.96. The van der Waals surface area contributed by atoms with Crippen molar-refractivity contribution in [2.24, 2.45) is 0 Å². The number of alkyl halides is 3. The summed E-state index contributed by atoms with van der Waals surface area (Å²) < 4.78 is 50.7. The largest absolute Gasteiger partial charge is 0.469 e. The molecule has 3 aromatic carbocycles. The van der Waals surface area contributed by atoms with Crippen molar-refractivity contribution >= 4 is 5.97 Å². The molecule has 2 N–H and O–H groups in total. The van der Waals surface area contributed by atoms with Crippen molar-refractivity contribution in [3.8, 4) is 11.5 Å². The lowest BCUT2D eigenvalue weighted by molar-refractivity contribution is -0.140. The third-order valence-electron chi connectivity index (χ3n) is 5.84. The van der Waals surface area contributed by atoms with Crippen LogP contribution in [0.15, 0.2) is 66.7 Å². The maximum atomic E-state index is 13.4. The fourth-order valence-corrected chi connectivity index (χ4v) is 4.08. The van der Waals surface area contributed by atoms with E-state index in [4.69, 9.17) is 4.74 Å². The van der Waals surface area contributed by atoms with Crippen LogP contribution >= 0.6 is 0 Å². The molecular formula is C26H24F3NO4. The van der Waals surface area contributed by atoms with Crippen LogP contribution in [0.2, 0.25) is 0 Å². The van der Waals surface area contributed by atoms with Gasteiger partial charge in [0.15, 0.2) is 0 Å². The lowest BCUT2D eigenvalue weighted by Crippen LogP contribution is -2.32. The molecule has 1 unspecified atom stereocenters. The first kappa shape index (κ1) is 23.8. The summed E-state index contributed by atoms with van der Waals surface area (Å²) in [6, 6.07) is 17.2. The molecule has 0 aliphatic heterocycles. The second-order valence-electron chi connectivity index (χ2n) is 8.16. The van der Waals surface area contributed by atoms with Gasteiger partial charge in [-0.1, -0.05) is 36.4 Å². The smallest absolute Gasteiger partial charge is 0.416 e. The molecule has 8 heteroatoms. The van der Waals surface area contributed by atoms with Crippen LogP contribution < -0.4 is 10.1 Å². The van der Waals surface area contributed by atoms with E-state index in [2.05, 4.69) is 10.1 Å². The van der Waals surface area contributed by atoms with E-state index < -0.39 is 23.8 Å². The summed E-state index contributed by atoms with van der Waals surface area (Å²) in [6.45, 7) is 0.0663. The SMILES string of the molecule is COC(=O)Cc1cccc(Oc2ccc(C(F)(F)F)cc2CNC2Cc3ccccc3[C@@H]2O)c1. The van der Waals surface area contributed by atoms with Gasteiger partial charge in [0.2, 0.25) is 0 Å². The summed E-state index contributed by atoms with van der Waals surface area (Å²) in [6.07, 6.45) is -4.63. The second kappa shape index (κ2) is 9.87. The minimum Gasteiger partial charge on any atom is -0.469 e. The van der Waals surface area contributed by atoms with Gasteiger partial charge in [0, 0.05) is 18.2 Å². The third-order valence-corrected chi connectivity index (χ3v) is 5.84. The van der Waals surface area contributed by atoms with Gasteiger partial charge in [-0.3, -0.25) is 4.79 Å². The average molecular weight is 471 g/mol. The highest BCUT2D eigenvalue weighted by Crippen LogP contribution is 2.35. The van der Waals surface area contributed by atoms with E-state index in [1.54, 1.807) is 24.3 Å². The monoisotopic (exact) mass is 471 g/mol. The fraction of sp³-hybridized carbons (Fsp3) is 0.269. The minimum absolute atomic E-state index is 0.0508. The van der Waals surface area contributed by atoms with E-state index in [9.17, 15) is 23.1 Å². The molecule has 1 aliphatic rings. The summed E-state index contributed by atoms with van der Waals surface area (Å²) >= 11 is 0. The number of ether oxygens (including phenoxy) is 2. The van der Waals surface area contributed by atoms with Crippen LogP contribution in [0.25, 0.3) is 0 Å². The van der Waals surface area contributed by atoms with Crippen molar-refractivity contribution in [1.82, 2.24) is 5.32 Å². The molecule has 0 amide bonds. The zero-order chi connectivity index (χ0) is 24.3. The number of methoxy groups -OCH3 is 1. The van der Waals surface area contributed by atoms with Gasteiger partial charge in [-0.2, -0.15) is 13.2 Å². The lowest BCUT2D eigenvalue weighted by atomic mass is 10.1. The molecule has 34 heavy (non-hydrogen) atoms. The molecule has 4 rings (SSSR count). The zero-order valence-electron chi connectivity index (χ0n) is 18.4. The van der Waals surface area contributed by atoms with E-state index in [1.165, 1.54) is 13.2 Å². The summed E-state index contributed by atoms with van der Waals surface area (Å²) in [7, 11) is 1.30. The van der Waals surface area contributed by atoms with E-state index >= 15 is 0 Å². The van der Waals surface area contributed by atoms with Gasteiger partial charge in [-0.15, -0.1) is 0 Å². The first-order valence-corrected chi connectivity index (χ1v) is 10.8. The van der Waals surface area contributed by atoms with Crippen LogP contribution in [0.5, 0.6) is 11.5 Å². The number of nitrogens with one attached hydrogen (secondary N) is 1. The van der Waals surface area contributed by atoms with Crippen molar-refractivity contribution < 1.29 is 32.5 Å². The third kappa shape index (κ3) is 5.40. The Morgan fingerprint density at radius 1 is 1.09 bits per heavy atom. The van der Waals surface area contributed by atoms with Gasteiger partial charge in [-0.25, -0.2) is 0 Å². The standard InChI is InChI=1S/C26H24F3NO4/c1-33-24(31)12-16-5-4-7-20(11-16)34-23-10-9-19(26(27,28)29)13-18(23)15-30-22-14-17-6-2-3-8-21(17)25(22)32/h2-11,13,22,25,30,32H,12,14-15H2,1H3/t22?,25-/m0/s1. The number of hydrogen-bond acceptors (Lipinski definition) is 5. The van der Waals surface area contributed by atoms with Crippen LogP contribution in [0.1, 0.15) is 33.9 Å². The first-order chi connectivity index (χ1) is 16.2. The number of carbonyl (C=O) groups is 1. The Morgan fingerprint density at radius 3 is 2.62 bits per heavy atom. The maximum Gasteiger partial charge on any atom is 0.416 e. The maximum absolute atomic E-state index is 13.4. The number of aliphatic hydroxyl groups excluding tert-OH is 1. The number of carbonyl (C=O) groups excluding carboxylic acids is 1. The van der Waals surface area contributed by atoms with Crippen molar-refractivity contribution in [2.45, 2.75) is 37.7 Å². The van der Waals surface area contributed by atoms with Crippen LogP contribution in [0, 0.1) is 0 Å². The Hall–Kier alpha value is -3.36. The highest BCUT2D eigenvalue weighted by Gasteiger charge is 2.33. The quantitative estimate of drug-likeness (QED) is 0.477. The van der Waals surface area contributed by atoms with E-state index in [0.717, 1.165) is 23.3 Å². The summed E-state index contributed by atoms with van der Waals surface area (Å²) in [5.41, 5.74) is 2.00. The predicted molar refractivity (Wildman–Crippen MR) is 119 cm³/mol. The molecule has 0 saturated heterocycles. The van der Waals surface area contributed by atoms with Crippen LogP contribution in [-0.4, -0.2) is 24.2 Å². The molecule has 0 radical (unpaired) electrons. The molecular weight excluding hydrogens is 447 g/mol. The molecule has 0 heterocycles. The Morgan fingerprint density at radius 2 is 1.88 bits per heavy atom. The Bertz CT molecular complexity index is 1180. The molecule has 3 aromatic rings. The molecule has 5 nitrogen and oxygen atoms in total. The number of rotatable bonds is 7. The van der Waals surface area contributed by atoms with Crippen molar-refractivity contribution in [2.75, 3.05) is 7.11 Å². The fourth-order valence-electron chi connectivity index (χ4n) is 4.08. The molecule has 1 aliphatic carbocycles. The Labute approximate surface area is 195 Å². The van der Waals surface area contributed by atoms with Crippen molar-refractivity contribution in [3.05, 3.63) is 94.5 Å². The normalized spacial score (nSPS) is 17.3. The first-order valence-electron chi connectivity index (χ1n) is 10.8. The van der Waals surface area contributed by atoms with E-state index in [0.29, 0.717) is 23.3 Å². The summed E-state index contributed by atoms with van der Waals surface area (Å²) in [5.74, 6) is 0.226. The van der Waals surface area contributed by atoms with Crippen LogP contribution in [0.3, 0.4) is 0 Å². The van der Waals surface area contributed by atoms with Gasteiger partial charge in [0.1, 0.15) is 11.5 Å². The molecule has 0 aromatic heterocycles. The van der Waals surface area contributed by atoms with Gasteiger partial charge in [0.05, 0.1) is 25.2 Å². The topological polar surface area (TPSA) is 67.8 Å². The minimum atomic E-state index is -4.50. The molecule has 0 fully saturated rings. The van der Waals surface area contributed by atoms with Gasteiger partial charge >= 0.3 is 12.1 Å². The van der Waals surface area contributed by atoms with Crippen LogP contribution in [0.4, 0.5) is 13.2 Å². The molecule has 178 valence electrons. The van der Waals surface area contributed by atoms with E-state index in [1.807, 2.05) is 24.3 Å². The summed E-state index contributed by atoms with van der Waals surface area (Å²) in [4.78, 5) is 11.6. The number of hydrogen-bond donors (Lipinski definition) is 2.